The zero-order chi connectivity index (χ0) is 14.8. The van der Waals surface area contributed by atoms with Crippen LogP contribution in [-0.4, -0.2) is 0 Å². The van der Waals surface area contributed by atoms with Crippen molar-refractivity contribution in [1.82, 2.24) is 0 Å². The van der Waals surface area contributed by atoms with Crippen LogP contribution in [-0.2, 0) is 0 Å². The minimum atomic E-state index is 0.302. The molecule has 0 heterocycles. The molecule has 0 aliphatic heterocycles. The van der Waals surface area contributed by atoms with Gasteiger partial charge in [-0.05, 0) is 50.8 Å². The van der Waals surface area contributed by atoms with Gasteiger partial charge in [0.2, 0.25) is 0 Å². The summed E-state index contributed by atoms with van der Waals surface area (Å²) in [7, 11) is 0. The van der Waals surface area contributed by atoms with Gasteiger partial charge >= 0.3 is 0 Å². The van der Waals surface area contributed by atoms with Gasteiger partial charge in [0, 0.05) is 5.92 Å². The highest BCUT2D eigenvalue weighted by Crippen LogP contribution is 2.54. The summed E-state index contributed by atoms with van der Waals surface area (Å²) in [6.07, 6.45) is 10.1. The van der Waals surface area contributed by atoms with Gasteiger partial charge in [-0.3, -0.25) is 0 Å². The molecule has 1 atom stereocenters. The Morgan fingerprint density at radius 2 is 1.52 bits per heavy atom. The van der Waals surface area contributed by atoms with Crippen molar-refractivity contribution in [3.05, 3.63) is 58.0 Å². The molecule has 1 aromatic carbocycles. The molecular weight excluding hydrogens is 252 g/mol. The molecule has 3 aliphatic rings. The molecule has 0 radical (unpaired) electrons. The molecule has 0 heteroatoms. The van der Waals surface area contributed by atoms with Crippen LogP contribution < -0.4 is 10.4 Å². The summed E-state index contributed by atoms with van der Waals surface area (Å²) in [5.41, 5.74) is 5.30. The predicted molar refractivity (Wildman–Crippen MR) is 90.0 cm³/mol. The lowest BCUT2D eigenvalue weighted by atomic mass is 9.58. The second kappa shape index (κ2) is 4.00. The molecule has 0 amide bonds. The fourth-order valence-electron chi connectivity index (χ4n) is 4.23. The van der Waals surface area contributed by atoms with Crippen molar-refractivity contribution >= 4 is 11.6 Å². The molecule has 0 spiro atoms. The highest BCUT2D eigenvalue weighted by Gasteiger charge is 2.42. The SMILES string of the molecule is CC1(C)CCC(C)(C)C2=CC3C=c4ccccc4=C3C=C21. The second-order valence-electron chi connectivity index (χ2n) is 8.14. The third kappa shape index (κ3) is 1.81. The van der Waals surface area contributed by atoms with E-state index in [1.807, 2.05) is 0 Å². The van der Waals surface area contributed by atoms with Crippen molar-refractivity contribution in [2.75, 3.05) is 0 Å². The van der Waals surface area contributed by atoms with Crippen molar-refractivity contribution in [3.63, 3.8) is 0 Å². The van der Waals surface area contributed by atoms with Crippen molar-refractivity contribution in [2.45, 2.75) is 40.5 Å². The zero-order valence-electron chi connectivity index (χ0n) is 13.5. The summed E-state index contributed by atoms with van der Waals surface area (Å²) >= 11 is 0. The van der Waals surface area contributed by atoms with E-state index in [0.717, 1.165) is 0 Å². The number of allylic oxidation sites excluding steroid dienone is 4. The first-order chi connectivity index (χ1) is 9.88. The normalized spacial score (nSPS) is 27.8. The van der Waals surface area contributed by atoms with E-state index in [2.05, 4.69) is 70.2 Å². The molecule has 0 nitrogen and oxygen atoms in total. The maximum atomic E-state index is 2.55. The molecule has 4 rings (SSSR count). The first kappa shape index (κ1) is 13.1. The Bertz CT molecular complexity index is 797. The van der Waals surface area contributed by atoms with Crippen LogP contribution >= 0.6 is 0 Å². The van der Waals surface area contributed by atoms with Gasteiger partial charge < -0.3 is 0 Å². The number of hydrogen-bond acceptors (Lipinski definition) is 0. The summed E-state index contributed by atoms with van der Waals surface area (Å²) in [6, 6.07) is 8.83. The molecule has 0 N–H and O–H groups in total. The van der Waals surface area contributed by atoms with E-state index in [1.165, 1.54) is 28.9 Å². The van der Waals surface area contributed by atoms with E-state index in [4.69, 9.17) is 0 Å². The fourth-order valence-corrected chi connectivity index (χ4v) is 4.23. The van der Waals surface area contributed by atoms with E-state index in [-0.39, 0.29) is 0 Å². The van der Waals surface area contributed by atoms with Crippen molar-refractivity contribution < 1.29 is 0 Å². The first-order valence-corrected chi connectivity index (χ1v) is 8.14. The fraction of sp³-hybridized carbons (Fsp3) is 0.429. The molecule has 1 fully saturated rings. The lowest BCUT2D eigenvalue weighted by Crippen LogP contribution is -2.34. The van der Waals surface area contributed by atoms with Gasteiger partial charge in [0.15, 0.2) is 0 Å². The summed E-state index contributed by atoms with van der Waals surface area (Å²) in [5, 5.41) is 2.84. The van der Waals surface area contributed by atoms with Gasteiger partial charge in [0.1, 0.15) is 0 Å². The maximum absolute atomic E-state index is 2.55. The molecule has 21 heavy (non-hydrogen) atoms. The molecule has 1 saturated carbocycles. The van der Waals surface area contributed by atoms with Gasteiger partial charge in [-0.15, -0.1) is 0 Å². The van der Waals surface area contributed by atoms with Crippen LogP contribution in [0.25, 0.3) is 11.6 Å². The lowest BCUT2D eigenvalue weighted by Gasteiger charge is -2.46. The number of hydrogen-bond donors (Lipinski definition) is 0. The summed E-state index contributed by atoms with van der Waals surface area (Å²) in [5.74, 6) is 0.481. The minimum absolute atomic E-state index is 0.302. The predicted octanol–water partition coefficient (Wildman–Crippen LogP) is 3.96. The number of benzene rings is 1. The summed E-state index contributed by atoms with van der Waals surface area (Å²) in [4.78, 5) is 0. The Morgan fingerprint density at radius 3 is 2.29 bits per heavy atom. The maximum Gasteiger partial charge on any atom is 0.0219 e. The van der Waals surface area contributed by atoms with Crippen LogP contribution in [0.2, 0.25) is 0 Å². The number of rotatable bonds is 0. The van der Waals surface area contributed by atoms with Crippen LogP contribution in [0.1, 0.15) is 40.5 Å². The standard InChI is InChI=1S/C21H24/c1-20(2)9-10-21(3,4)19-13-17-15(12-18(19)20)11-14-7-5-6-8-16(14)17/h5-8,11-13,15H,9-10H2,1-4H3. The average molecular weight is 276 g/mol. The van der Waals surface area contributed by atoms with Crippen LogP contribution in [0.3, 0.4) is 0 Å². The minimum Gasteiger partial charge on any atom is -0.0691 e. The molecular formula is C21H24. The van der Waals surface area contributed by atoms with E-state index in [1.54, 1.807) is 11.1 Å². The molecule has 0 bridgehead atoms. The zero-order valence-corrected chi connectivity index (χ0v) is 13.5. The summed E-state index contributed by atoms with van der Waals surface area (Å²) in [6.45, 7) is 9.64. The van der Waals surface area contributed by atoms with Gasteiger partial charge in [-0.25, -0.2) is 0 Å². The van der Waals surface area contributed by atoms with E-state index < -0.39 is 0 Å². The third-order valence-corrected chi connectivity index (χ3v) is 5.76. The van der Waals surface area contributed by atoms with E-state index in [9.17, 15) is 0 Å². The highest BCUT2D eigenvalue weighted by atomic mass is 14.5. The van der Waals surface area contributed by atoms with Crippen molar-refractivity contribution in [3.8, 4) is 0 Å². The molecule has 0 saturated heterocycles. The van der Waals surface area contributed by atoms with Crippen molar-refractivity contribution in [2.24, 2.45) is 16.7 Å². The first-order valence-electron chi connectivity index (χ1n) is 8.14. The van der Waals surface area contributed by atoms with Gasteiger partial charge in [-0.2, -0.15) is 0 Å². The third-order valence-electron chi connectivity index (χ3n) is 5.76. The van der Waals surface area contributed by atoms with Crippen LogP contribution in [0.5, 0.6) is 0 Å². The quantitative estimate of drug-likeness (QED) is 0.673. The smallest absolute Gasteiger partial charge is 0.0219 e. The van der Waals surface area contributed by atoms with Crippen LogP contribution in [0.15, 0.2) is 47.6 Å². The Morgan fingerprint density at radius 1 is 0.857 bits per heavy atom. The lowest BCUT2D eigenvalue weighted by molar-refractivity contribution is 0.258. The van der Waals surface area contributed by atoms with E-state index >= 15 is 0 Å². The largest absolute Gasteiger partial charge is 0.0691 e. The Kier molecular flexibility index (Phi) is 2.50. The highest BCUT2D eigenvalue weighted by molar-refractivity contribution is 5.77. The Hall–Kier alpha value is -1.56. The van der Waals surface area contributed by atoms with Gasteiger partial charge in [0.25, 0.3) is 0 Å². The topological polar surface area (TPSA) is 0 Å². The van der Waals surface area contributed by atoms with Crippen LogP contribution in [0, 0.1) is 16.7 Å². The van der Waals surface area contributed by atoms with E-state index in [0.29, 0.717) is 16.7 Å². The van der Waals surface area contributed by atoms with Crippen molar-refractivity contribution in [1.29, 1.82) is 0 Å². The summed E-state index contributed by atoms with van der Waals surface area (Å²) < 4.78 is 0. The molecule has 3 aliphatic carbocycles. The van der Waals surface area contributed by atoms with Gasteiger partial charge in [0.05, 0.1) is 0 Å². The second-order valence-corrected chi connectivity index (χ2v) is 8.14. The Balaban J connectivity index is 2.00. The number of fused-ring (bicyclic) bond motifs is 3. The molecule has 1 unspecified atom stereocenters. The Labute approximate surface area is 127 Å². The molecule has 0 aromatic heterocycles. The van der Waals surface area contributed by atoms with Gasteiger partial charge in [-0.1, -0.05) is 70.2 Å². The average Bonchev–Trinajstić information content (AvgIpc) is 2.81. The molecule has 108 valence electrons. The molecule has 1 aromatic rings. The van der Waals surface area contributed by atoms with Crippen LogP contribution in [0.4, 0.5) is 0 Å². The monoisotopic (exact) mass is 276 g/mol.